The molecule has 0 bridgehead atoms. The number of nitrogen functional groups attached to an aromatic ring is 1. The second kappa shape index (κ2) is 4.59. The standard InChI is InChI=1S/C11H18N4/c12-9-4-6-15(7-5-9)8-10-2-1-3-11(13)14-10/h1-3,9H,4-8,12H2,(H2,13,14). The second-order valence-corrected chi connectivity index (χ2v) is 4.17. The molecule has 15 heavy (non-hydrogen) atoms. The van der Waals surface area contributed by atoms with Crippen molar-refractivity contribution in [3.05, 3.63) is 23.9 Å². The van der Waals surface area contributed by atoms with Gasteiger partial charge in [-0.3, -0.25) is 4.90 Å². The summed E-state index contributed by atoms with van der Waals surface area (Å²) in [6, 6.07) is 6.17. The third-order valence-corrected chi connectivity index (χ3v) is 2.85. The highest BCUT2D eigenvalue weighted by atomic mass is 15.1. The van der Waals surface area contributed by atoms with Crippen molar-refractivity contribution < 1.29 is 0 Å². The molecule has 4 N–H and O–H groups in total. The lowest BCUT2D eigenvalue weighted by Gasteiger charge is -2.29. The van der Waals surface area contributed by atoms with Crippen LogP contribution in [0.1, 0.15) is 18.5 Å². The van der Waals surface area contributed by atoms with Gasteiger partial charge in [0, 0.05) is 25.7 Å². The van der Waals surface area contributed by atoms with Gasteiger partial charge in [0.25, 0.3) is 0 Å². The number of piperidine rings is 1. The van der Waals surface area contributed by atoms with Gasteiger partial charge in [0.05, 0.1) is 5.69 Å². The topological polar surface area (TPSA) is 68.2 Å². The van der Waals surface area contributed by atoms with Crippen LogP contribution in [0.4, 0.5) is 5.82 Å². The fourth-order valence-corrected chi connectivity index (χ4v) is 1.93. The van der Waals surface area contributed by atoms with Crippen LogP contribution in [-0.2, 0) is 6.54 Å². The first-order valence-corrected chi connectivity index (χ1v) is 5.43. The van der Waals surface area contributed by atoms with Gasteiger partial charge in [-0.25, -0.2) is 4.98 Å². The summed E-state index contributed by atoms with van der Waals surface area (Å²) >= 11 is 0. The molecule has 2 heterocycles. The Morgan fingerprint density at radius 1 is 1.33 bits per heavy atom. The van der Waals surface area contributed by atoms with Gasteiger partial charge in [0.1, 0.15) is 5.82 Å². The summed E-state index contributed by atoms with van der Waals surface area (Å²) in [5.41, 5.74) is 12.5. The van der Waals surface area contributed by atoms with Gasteiger partial charge >= 0.3 is 0 Å². The molecule has 2 rings (SSSR count). The van der Waals surface area contributed by atoms with E-state index in [1.165, 1.54) is 0 Å². The molecule has 0 radical (unpaired) electrons. The molecule has 1 aromatic rings. The molecular weight excluding hydrogens is 188 g/mol. The predicted octanol–water partition coefficient (Wildman–Crippen LogP) is 0.587. The molecule has 1 fully saturated rings. The van der Waals surface area contributed by atoms with Gasteiger partial charge in [-0.15, -0.1) is 0 Å². The highest BCUT2D eigenvalue weighted by Crippen LogP contribution is 2.11. The zero-order chi connectivity index (χ0) is 10.7. The van der Waals surface area contributed by atoms with Crippen molar-refractivity contribution in [3.8, 4) is 0 Å². The Kier molecular flexibility index (Phi) is 3.18. The number of hydrogen-bond acceptors (Lipinski definition) is 4. The van der Waals surface area contributed by atoms with Crippen molar-refractivity contribution in [2.45, 2.75) is 25.4 Å². The lowest BCUT2D eigenvalue weighted by Crippen LogP contribution is -2.39. The van der Waals surface area contributed by atoms with Gasteiger partial charge < -0.3 is 11.5 Å². The van der Waals surface area contributed by atoms with E-state index in [1.807, 2.05) is 18.2 Å². The van der Waals surface area contributed by atoms with Gasteiger partial charge in [-0.05, 0) is 25.0 Å². The Hall–Kier alpha value is -1.13. The smallest absolute Gasteiger partial charge is 0.123 e. The third kappa shape index (κ3) is 2.91. The molecule has 1 aromatic heterocycles. The third-order valence-electron chi connectivity index (χ3n) is 2.85. The summed E-state index contributed by atoms with van der Waals surface area (Å²) in [6.07, 6.45) is 2.17. The Balaban J connectivity index is 1.92. The van der Waals surface area contributed by atoms with E-state index in [0.717, 1.165) is 38.2 Å². The maximum atomic E-state index is 5.85. The molecule has 1 saturated heterocycles. The van der Waals surface area contributed by atoms with Gasteiger partial charge in [-0.1, -0.05) is 6.07 Å². The van der Waals surface area contributed by atoms with E-state index in [2.05, 4.69) is 9.88 Å². The molecule has 0 unspecified atom stereocenters. The van der Waals surface area contributed by atoms with Crippen LogP contribution in [0.5, 0.6) is 0 Å². The van der Waals surface area contributed by atoms with Crippen LogP contribution >= 0.6 is 0 Å². The van der Waals surface area contributed by atoms with E-state index in [4.69, 9.17) is 11.5 Å². The molecular formula is C11H18N4. The molecule has 0 aromatic carbocycles. The van der Waals surface area contributed by atoms with Crippen molar-refractivity contribution in [1.82, 2.24) is 9.88 Å². The molecule has 1 aliphatic rings. The fourth-order valence-electron chi connectivity index (χ4n) is 1.93. The average molecular weight is 206 g/mol. The number of aromatic nitrogens is 1. The Morgan fingerprint density at radius 2 is 2.07 bits per heavy atom. The highest BCUT2D eigenvalue weighted by molar-refractivity contribution is 5.28. The molecule has 1 aliphatic heterocycles. The van der Waals surface area contributed by atoms with E-state index in [0.29, 0.717) is 11.9 Å². The van der Waals surface area contributed by atoms with Crippen LogP contribution in [0.3, 0.4) is 0 Å². The molecule has 0 atom stereocenters. The van der Waals surface area contributed by atoms with E-state index in [9.17, 15) is 0 Å². The summed E-state index contributed by atoms with van der Waals surface area (Å²) in [6.45, 7) is 3.02. The number of anilines is 1. The summed E-state index contributed by atoms with van der Waals surface area (Å²) in [5, 5.41) is 0. The van der Waals surface area contributed by atoms with Gasteiger partial charge in [0.2, 0.25) is 0 Å². The number of likely N-dealkylation sites (tertiary alicyclic amines) is 1. The molecule has 4 heteroatoms. The van der Waals surface area contributed by atoms with Crippen LogP contribution in [0.25, 0.3) is 0 Å². The van der Waals surface area contributed by atoms with E-state index < -0.39 is 0 Å². The molecule has 4 nitrogen and oxygen atoms in total. The van der Waals surface area contributed by atoms with Crippen LogP contribution in [0.15, 0.2) is 18.2 Å². The number of nitrogens with zero attached hydrogens (tertiary/aromatic N) is 2. The monoisotopic (exact) mass is 206 g/mol. The lowest BCUT2D eigenvalue weighted by atomic mass is 10.1. The molecule has 0 spiro atoms. The summed E-state index contributed by atoms with van der Waals surface area (Å²) in [4.78, 5) is 6.67. The normalized spacial score (nSPS) is 19.3. The summed E-state index contributed by atoms with van der Waals surface area (Å²) in [5.74, 6) is 0.598. The average Bonchev–Trinajstić information content (AvgIpc) is 2.22. The van der Waals surface area contributed by atoms with Crippen molar-refractivity contribution in [1.29, 1.82) is 0 Å². The Labute approximate surface area is 90.3 Å². The van der Waals surface area contributed by atoms with Crippen LogP contribution in [0.2, 0.25) is 0 Å². The number of rotatable bonds is 2. The largest absolute Gasteiger partial charge is 0.384 e. The minimum atomic E-state index is 0.384. The highest BCUT2D eigenvalue weighted by Gasteiger charge is 2.16. The maximum Gasteiger partial charge on any atom is 0.123 e. The zero-order valence-electron chi connectivity index (χ0n) is 8.89. The van der Waals surface area contributed by atoms with Gasteiger partial charge in [-0.2, -0.15) is 0 Å². The van der Waals surface area contributed by atoms with Crippen molar-refractivity contribution >= 4 is 5.82 Å². The van der Waals surface area contributed by atoms with Crippen LogP contribution in [-0.4, -0.2) is 29.0 Å². The molecule has 0 aliphatic carbocycles. The fraction of sp³-hybridized carbons (Fsp3) is 0.545. The maximum absolute atomic E-state index is 5.85. The first kappa shape index (κ1) is 10.4. The minimum absolute atomic E-state index is 0.384. The molecule has 0 amide bonds. The first-order valence-electron chi connectivity index (χ1n) is 5.43. The van der Waals surface area contributed by atoms with Crippen LogP contribution < -0.4 is 11.5 Å². The SMILES string of the molecule is Nc1cccc(CN2CCC(N)CC2)n1. The number of hydrogen-bond donors (Lipinski definition) is 2. The van der Waals surface area contributed by atoms with Crippen molar-refractivity contribution in [2.24, 2.45) is 5.73 Å². The number of pyridine rings is 1. The Morgan fingerprint density at radius 3 is 2.73 bits per heavy atom. The van der Waals surface area contributed by atoms with Crippen molar-refractivity contribution in [2.75, 3.05) is 18.8 Å². The van der Waals surface area contributed by atoms with Crippen LogP contribution in [0, 0.1) is 0 Å². The molecule has 0 saturated carbocycles. The predicted molar refractivity (Wildman–Crippen MR) is 61.1 cm³/mol. The van der Waals surface area contributed by atoms with E-state index in [1.54, 1.807) is 0 Å². The first-order chi connectivity index (χ1) is 7.24. The Bertz CT molecular complexity index is 318. The van der Waals surface area contributed by atoms with E-state index >= 15 is 0 Å². The van der Waals surface area contributed by atoms with Gasteiger partial charge in [0.15, 0.2) is 0 Å². The minimum Gasteiger partial charge on any atom is -0.384 e. The summed E-state index contributed by atoms with van der Waals surface area (Å²) < 4.78 is 0. The van der Waals surface area contributed by atoms with E-state index in [-0.39, 0.29) is 0 Å². The quantitative estimate of drug-likeness (QED) is 0.743. The van der Waals surface area contributed by atoms with Crippen molar-refractivity contribution in [3.63, 3.8) is 0 Å². The second-order valence-electron chi connectivity index (χ2n) is 4.17. The lowest BCUT2D eigenvalue weighted by molar-refractivity contribution is 0.203. The number of nitrogens with two attached hydrogens (primary N) is 2. The summed E-state index contributed by atoms with van der Waals surface area (Å²) in [7, 11) is 0. The molecule has 82 valence electrons. The zero-order valence-corrected chi connectivity index (χ0v) is 8.89.